The third-order valence-corrected chi connectivity index (χ3v) is 5.04. The van der Waals surface area contributed by atoms with Gasteiger partial charge in [-0.3, -0.25) is 9.59 Å². The molecule has 2 aromatic rings. The van der Waals surface area contributed by atoms with E-state index in [9.17, 15) is 14.7 Å². The second kappa shape index (κ2) is 6.53. The van der Waals surface area contributed by atoms with Crippen LogP contribution in [0.4, 0.5) is 0 Å². The zero-order valence-corrected chi connectivity index (χ0v) is 15.8. The molecule has 6 heteroatoms. The number of hydrogen-bond donors (Lipinski definition) is 1. The van der Waals surface area contributed by atoms with Gasteiger partial charge in [0, 0.05) is 21.6 Å². The molecule has 3 rings (SSSR count). The summed E-state index contributed by atoms with van der Waals surface area (Å²) in [6.07, 6.45) is 0. The zero-order chi connectivity index (χ0) is 17.4. The van der Waals surface area contributed by atoms with E-state index < -0.39 is 17.7 Å². The van der Waals surface area contributed by atoms with E-state index in [4.69, 9.17) is 0 Å². The summed E-state index contributed by atoms with van der Waals surface area (Å²) >= 11 is 6.70. The van der Waals surface area contributed by atoms with Crippen LogP contribution in [0.3, 0.4) is 0 Å². The molecule has 0 radical (unpaired) electrons. The molecular weight excluding hydrogens is 438 g/mol. The standard InChI is InChI=1S/C18H13Br2NO3/c1-21-15(10-2-6-12(19)7-3-10)14(17(23)18(21)24)16(22)11-4-8-13(20)9-5-11/h2-9,15,22H,1H3/b16-14-. The van der Waals surface area contributed by atoms with Crippen molar-refractivity contribution in [1.82, 2.24) is 4.90 Å². The number of halogens is 2. The lowest BCUT2D eigenvalue weighted by atomic mass is 9.95. The van der Waals surface area contributed by atoms with Gasteiger partial charge >= 0.3 is 0 Å². The number of likely N-dealkylation sites (tertiary alicyclic amines) is 1. The van der Waals surface area contributed by atoms with Crippen molar-refractivity contribution in [3.05, 3.63) is 74.2 Å². The normalized spacial score (nSPS) is 19.8. The van der Waals surface area contributed by atoms with E-state index in [1.807, 2.05) is 24.3 Å². The molecule has 1 amide bonds. The van der Waals surface area contributed by atoms with Gasteiger partial charge in [0.1, 0.15) is 5.76 Å². The number of amides is 1. The van der Waals surface area contributed by atoms with Crippen LogP contribution >= 0.6 is 31.9 Å². The highest BCUT2D eigenvalue weighted by atomic mass is 79.9. The molecule has 1 N–H and O–H groups in total. The maximum absolute atomic E-state index is 12.4. The van der Waals surface area contributed by atoms with Crippen molar-refractivity contribution in [3.63, 3.8) is 0 Å². The number of ketones is 1. The molecule has 0 aliphatic carbocycles. The third-order valence-electron chi connectivity index (χ3n) is 3.98. The van der Waals surface area contributed by atoms with Gasteiger partial charge in [0.2, 0.25) is 0 Å². The second-order valence-electron chi connectivity index (χ2n) is 5.47. The number of rotatable bonds is 2. The van der Waals surface area contributed by atoms with Crippen molar-refractivity contribution in [2.45, 2.75) is 6.04 Å². The minimum atomic E-state index is -0.675. The number of carbonyl (C=O) groups is 2. The van der Waals surface area contributed by atoms with Gasteiger partial charge in [-0.25, -0.2) is 0 Å². The monoisotopic (exact) mass is 449 g/mol. The first kappa shape index (κ1) is 16.9. The molecule has 1 heterocycles. The maximum Gasteiger partial charge on any atom is 0.295 e. The highest BCUT2D eigenvalue weighted by molar-refractivity contribution is 9.10. The van der Waals surface area contributed by atoms with Crippen LogP contribution in [0.25, 0.3) is 5.76 Å². The lowest BCUT2D eigenvalue weighted by molar-refractivity contribution is -0.139. The van der Waals surface area contributed by atoms with Crippen molar-refractivity contribution in [2.24, 2.45) is 0 Å². The first-order chi connectivity index (χ1) is 11.4. The Hall–Kier alpha value is -1.92. The molecule has 0 spiro atoms. The van der Waals surface area contributed by atoms with Gasteiger partial charge in [-0.2, -0.15) is 0 Å². The number of hydrogen-bond acceptors (Lipinski definition) is 3. The summed E-state index contributed by atoms with van der Waals surface area (Å²) in [5, 5.41) is 10.7. The first-order valence-electron chi connectivity index (χ1n) is 7.16. The maximum atomic E-state index is 12.4. The lowest BCUT2D eigenvalue weighted by Gasteiger charge is -2.21. The van der Waals surface area contributed by atoms with Crippen molar-refractivity contribution >= 4 is 49.3 Å². The topological polar surface area (TPSA) is 57.6 Å². The Kier molecular flexibility index (Phi) is 4.60. The Balaban J connectivity index is 2.16. The van der Waals surface area contributed by atoms with Crippen LogP contribution in [-0.4, -0.2) is 28.7 Å². The molecule has 1 fully saturated rings. The number of nitrogens with zero attached hydrogens (tertiary/aromatic N) is 1. The van der Waals surface area contributed by atoms with E-state index in [0.717, 1.165) is 14.5 Å². The van der Waals surface area contributed by atoms with Gasteiger partial charge in [0.15, 0.2) is 0 Å². The Labute approximate surface area is 156 Å². The average Bonchev–Trinajstić information content (AvgIpc) is 2.80. The van der Waals surface area contributed by atoms with Crippen LogP contribution < -0.4 is 0 Å². The summed E-state index contributed by atoms with van der Waals surface area (Å²) in [6.45, 7) is 0. The molecule has 0 saturated carbocycles. The van der Waals surface area contributed by atoms with Gasteiger partial charge in [-0.05, 0) is 29.8 Å². The molecule has 0 aromatic heterocycles. The zero-order valence-electron chi connectivity index (χ0n) is 12.7. The van der Waals surface area contributed by atoms with Gasteiger partial charge in [-0.15, -0.1) is 0 Å². The van der Waals surface area contributed by atoms with Crippen LogP contribution in [0.2, 0.25) is 0 Å². The van der Waals surface area contributed by atoms with E-state index in [0.29, 0.717) is 5.56 Å². The number of carbonyl (C=O) groups excluding carboxylic acids is 2. The Morgan fingerprint density at radius 2 is 1.46 bits per heavy atom. The molecule has 24 heavy (non-hydrogen) atoms. The fourth-order valence-corrected chi connectivity index (χ4v) is 3.27. The summed E-state index contributed by atoms with van der Waals surface area (Å²) in [7, 11) is 1.56. The SMILES string of the molecule is CN1C(=O)C(=O)/C(=C(\O)c2ccc(Br)cc2)C1c1ccc(Br)cc1. The van der Waals surface area contributed by atoms with Gasteiger partial charge in [-0.1, -0.05) is 56.1 Å². The fourth-order valence-electron chi connectivity index (χ4n) is 2.75. The Morgan fingerprint density at radius 3 is 2.00 bits per heavy atom. The summed E-state index contributed by atoms with van der Waals surface area (Å²) in [4.78, 5) is 25.9. The highest BCUT2D eigenvalue weighted by Gasteiger charge is 2.44. The molecule has 1 atom stereocenters. The average molecular weight is 451 g/mol. The van der Waals surface area contributed by atoms with Crippen LogP contribution in [0, 0.1) is 0 Å². The molecule has 1 unspecified atom stereocenters. The summed E-state index contributed by atoms with van der Waals surface area (Å²) < 4.78 is 1.76. The number of benzene rings is 2. The molecule has 2 aromatic carbocycles. The predicted octanol–water partition coefficient (Wildman–Crippen LogP) is 4.26. The van der Waals surface area contributed by atoms with Crippen LogP contribution in [0.1, 0.15) is 17.2 Å². The smallest absolute Gasteiger partial charge is 0.295 e. The molecule has 1 aliphatic rings. The summed E-state index contributed by atoms with van der Waals surface area (Å²) in [5.41, 5.74) is 1.36. The van der Waals surface area contributed by atoms with Crippen molar-refractivity contribution in [1.29, 1.82) is 0 Å². The van der Waals surface area contributed by atoms with Crippen LogP contribution in [-0.2, 0) is 9.59 Å². The van der Waals surface area contributed by atoms with E-state index in [-0.39, 0.29) is 11.3 Å². The third kappa shape index (κ3) is 2.91. The van der Waals surface area contributed by atoms with Gasteiger partial charge in [0.05, 0.1) is 11.6 Å². The molecule has 1 saturated heterocycles. The van der Waals surface area contributed by atoms with Gasteiger partial charge in [0.25, 0.3) is 11.7 Å². The van der Waals surface area contributed by atoms with Gasteiger partial charge < -0.3 is 10.0 Å². The number of likely N-dealkylation sites (N-methyl/N-ethyl adjacent to an activating group) is 1. The van der Waals surface area contributed by atoms with E-state index in [2.05, 4.69) is 31.9 Å². The molecular formula is C18H13Br2NO3. The molecule has 0 bridgehead atoms. The van der Waals surface area contributed by atoms with Crippen molar-refractivity contribution < 1.29 is 14.7 Å². The Morgan fingerprint density at radius 1 is 0.958 bits per heavy atom. The largest absolute Gasteiger partial charge is 0.507 e. The van der Waals surface area contributed by atoms with E-state index in [1.54, 1.807) is 31.3 Å². The number of aliphatic hydroxyl groups excluding tert-OH is 1. The predicted molar refractivity (Wildman–Crippen MR) is 98.4 cm³/mol. The number of Topliss-reactive ketones (excluding diaryl/α,β-unsaturated/α-hetero) is 1. The summed E-state index contributed by atoms with van der Waals surface area (Å²) in [5.74, 6) is -1.47. The highest BCUT2D eigenvalue weighted by Crippen LogP contribution is 2.38. The summed E-state index contributed by atoms with van der Waals surface area (Å²) in [6, 6.07) is 13.6. The Bertz CT molecular complexity index is 842. The number of aliphatic hydroxyl groups is 1. The van der Waals surface area contributed by atoms with E-state index >= 15 is 0 Å². The molecule has 122 valence electrons. The quantitative estimate of drug-likeness (QED) is 0.422. The molecule has 4 nitrogen and oxygen atoms in total. The minimum absolute atomic E-state index is 0.104. The molecule has 1 aliphatic heterocycles. The van der Waals surface area contributed by atoms with Crippen LogP contribution in [0.15, 0.2) is 63.0 Å². The van der Waals surface area contributed by atoms with Crippen molar-refractivity contribution in [2.75, 3.05) is 7.05 Å². The van der Waals surface area contributed by atoms with Crippen LogP contribution in [0.5, 0.6) is 0 Å². The second-order valence-corrected chi connectivity index (χ2v) is 7.30. The fraction of sp³-hybridized carbons (Fsp3) is 0.111. The first-order valence-corrected chi connectivity index (χ1v) is 8.74. The lowest BCUT2D eigenvalue weighted by Crippen LogP contribution is -2.24. The van der Waals surface area contributed by atoms with Crippen molar-refractivity contribution in [3.8, 4) is 0 Å². The van der Waals surface area contributed by atoms with E-state index in [1.165, 1.54) is 4.90 Å². The minimum Gasteiger partial charge on any atom is -0.507 e.